The fourth-order valence-corrected chi connectivity index (χ4v) is 3.35. The molecule has 1 aromatic carbocycles. The van der Waals surface area contributed by atoms with Gasteiger partial charge in [0.2, 0.25) is 11.8 Å². The minimum absolute atomic E-state index is 0.0175. The zero-order chi connectivity index (χ0) is 18.4. The Balaban J connectivity index is 1.40. The predicted molar refractivity (Wildman–Crippen MR) is 103 cm³/mol. The van der Waals surface area contributed by atoms with Gasteiger partial charge in [-0.1, -0.05) is 30.7 Å². The SMILES string of the molecule is CC(CCNC(=O)Cc1cncc2ccccc12)NC(=O)CC1CCC1. The van der Waals surface area contributed by atoms with Crippen LogP contribution in [0.1, 0.15) is 44.6 Å². The summed E-state index contributed by atoms with van der Waals surface area (Å²) < 4.78 is 0. The smallest absolute Gasteiger partial charge is 0.224 e. The molecule has 1 atom stereocenters. The van der Waals surface area contributed by atoms with Crippen molar-refractivity contribution >= 4 is 22.6 Å². The van der Waals surface area contributed by atoms with Crippen molar-refractivity contribution in [2.75, 3.05) is 6.54 Å². The number of hydrogen-bond acceptors (Lipinski definition) is 3. The van der Waals surface area contributed by atoms with E-state index in [0.717, 1.165) is 22.8 Å². The number of aromatic nitrogens is 1. The summed E-state index contributed by atoms with van der Waals surface area (Å²) in [5.41, 5.74) is 0.933. The van der Waals surface area contributed by atoms with Crippen LogP contribution in [0.5, 0.6) is 0 Å². The monoisotopic (exact) mass is 353 g/mol. The van der Waals surface area contributed by atoms with E-state index in [0.29, 0.717) is 25.3 Å². The second-order valence-electron chi connectivity index (χ2n) is 7.30. The predicted octanol–water partition coefficient (Wildman–Crippen LogP) is 2.98. The van der Waals surface area contributed by atoms with Gasteiger partial charge in [-0.05, 0) is 43.1 Å². The lowest BCUT2D eigenvalue weighted by atomic mass is 9.83. The second kappa shape index (κ2) is 8.79. The number of nitrogens with zero attached hydrogens (tertiary/aromatic N) is 1. The van der Waals surface area contributed by atoms with Gasteiger partial charge in [0.1, 0.15) is 0 Å². The van der Waals surface area contributed by atoms with Crippen molar-refractivity contribution in [2.24, 2.45) is 5.92 Å². The number of amides is 2. The lowest BCUT2D eigenvalue weighted by Crippen LogP contribution is -2.37. The van der Waals surface area contributed by atoms with E-state index in [-0.39, 0.29) is 17.9 Å². The minimum atomic E-state index is -0.0175. The summed E-state index contributed by atoms with van der Waals surface area (Å²) >= 11 is 0. The third-order valence-electron chi connectivity index (χ3n) is 5.11. The number of carbonyl (C=O) groups is 2. The van der Waals surface area contributed by atoms with Crippen molar-refractivity contribution in [2.45, 2.75) is 51.5 Å². The molecule has 1 fully saturated rings. The highest BCUT2D eigenvalue weighted by Crippen LogP contribution is 2.29. The van der Waals surface area contributed by atoms with Crippen molar-refractivity contribution < 1.29 is 9.59 Å². The van der Waals surface area contributed by atoms with Crippen LogP contribution in [0.3, 0.4) is 0 Å². The average Bonchev–Trinajstić information content (AvgIpc) is 2.58. The number of nitrogens with one attached hydrogen (secondary N) is 2. The molecular formula is C21H27N3O2. The fourth-order valence-electron chi connectivity index (χ4n) is 3.35. The van der Waals surface area contributed by atoms with Crippen LogP contribution < -0.4 is 10.6 Å². The van der Waals surface area contributed by atoms with E-state index < -0.39 is 0 Å². The molecule has 0 spiro atoms. The Kier molecular flexibility index (Phi) is 6.21. The van der Waals surface area contributed by atoms with Crippen molar-refractivity contribution in [1.82, 2.24) is 15.6 Å². The molecule has 1 aliphatic rings. The molecule has 5 heteroatoms. The number of hydrogen-bond donors (Lipinski definition) is 2. The zero-order valence-corrected chi connectivity index (χ0v) is 15.3. The highest BCUT2D eigenvalue weighted by molar-refractivity contribution is 5.89. The Labute approximate surface area is 154 Å². The summed E-state index contributed by atoms with van der Waals surface area (Å²) in [5.74, 6) is 0.697. The van der Waals surface area contributed by atoms with E-state index in [2.05, 4.69) is 15.6 Å². The maximum Gasteiger partial charge on any atom is 0.224 e. The Morgan fingerprint density at radius 2 is 2.00 bits per heavy atom. The van der Waals surface area contributed by atoms with E-state index in [9.17, 15) is 9.59 Å². The quantitative estimate of drug-likeness (QED) is 0.766. The molecule has 5 nitrogen and oxygen atoms in total. The molecule has 1 aliphatic carbocycles. The van der Waals surface area contributed by atoms with Crippen molar-refractivity contribution in [3.63, 3.8) is 0 Å². The van der Waals surface area contributed by atoms with Crippen LogP contribution in [-0.4, -0.2) is 29.4 Å². The summed E-state index contributed by atoms with van der Waals surface area (Å²) in [6, 6.07) is 8.02. The van der Waals surface area contributed by atoms with Gasteiger partial charge in [0.15, 0.2) is 0 Å². The van der Waals surface area contributed by atoms with E-state index in [1.54, 1.807) is 6.20 Å². The lowest BCUT2D eigenvalue weighted by molar-refractivity contribution is -0.123. The van der Waals surface area contributed by atoms with Crippen molar-refractivity contribution in [3.8, 4) is 0 Å². The number of carbonyl (C=O) groups excluding carboxylic acids is 2. The lowest BCUT2D eigenvalue weighted by Gasteiger charge is -2.25. The molecule has 3 rings (SSSR count). The first-order valence-electron chi connectivity index (χ1n) is 9.49. The zero-order valence-electron chi connectivity index (χ0n) is 15.3. The number of benzene rings is 1. The van der Waals surface area contributed by atoms with Gasteiger partial charge in [-0.2, -0.15) is 0 Å². The van der Waals surface area contributed by atoms with Gasteiger partial charge in [-0.25, -0.2) is 0 Å². The molecule has 2 amide bonds. The molecule has 26 heavy (non-hydrogen) atoms. The third kappa shape index (κ3) is 5.04. The normalized spacial score (nSPS) is 15.3. The molecular weight excluding hydrogens is 326 g/mol. The fraction of sp³-hybridized carbons (Fsp3) is 0.476. The molecule has 1 saturated carbocycles. The molecule has 0 bridgehead atoms. The van der Waals surface area contributed by atoms with Gasteiger partial charge in [0, 0.05) is 36.8 Å². The maximum atomic E-state index is 12.2. The molecule has 138 valence electrons. The number of rotatable bonds is 8. The Morgan fingerprint density at radius 1 is 1.19 bits per heavy atom. The first-order chi connectivity index (χ1) is 12.6. The molecule has 0 saturated heterocycles. The molecule has 0 aliphatic heterocycles. The van der Waals surface area contributed by atoms with Crippen LogP contribution >= 0.6 is 0 Å². The van der Waals surface area contributed by atoms with Crippen LogP contribution in [0.15, 0.2) is 36.7 Å². The highest BCUT2D eigenvalue weighted by atomic mass is 16.2. The van der Waals surface area contributed by atoms with Crippen molar-refractivity contribution in [3.05, 3.63) is 42.2 Å². The van der Waals surface area contributed by atoms with Crippen molar-refractivity contribution in [1.29, 1.82) is 0 Å². The second-order valence-corrected chi connectivity index (χ2v) is 7.30. The molecule has 1 heterocycles. The van der Waals surface area contributed by atoms with E-state index in [1.807, 2.05) is 37.4 Å². The molecule has 1 aromatic heterocycles. The van der Waals surface area contributed by atoms with E-state index >= 15 is 0 Å². The van der Waals surface area contributed by atoms with Gasteiger partial charge in [0.25, 0.3) is 0 Å². The summed E-state index contributed by atoms with van der Waals surface area (Å²) in [6.45, 7) is 2.54. The molecule has 0 radical (unpaired) electrons. The summed E-state index contributed by atoms with van der Waals surface area (Å²) in [7, 11) is 0. The Bertz CT molecular complexity index is 765. The summed E-state index contributed by atoms with van der Waals surface area (Å²) in [4.78, 5) is 28.4. The highest BCUT2D eigenvalue weighted by Gasteiger charge is 2.21. The van der Waals surface area contributed by atoms with Crippen LogP contribution in [0.25, 0.3) is 10.8 Å². The first kappa shape index (κ1) is 18.4. The summed E-state index contributed by atoms with van der Waals surface area (Å²) in [5, 5.41) is 8.08. The Hall–Kier alpha value is -2.43. The molecule has 2 N–H and O–H groups in total. The van der Waals surface area contributed by atoms with Gasteiger partial charge in [-0.15, -0.1) is 0 Å². The van der Waals surface area contributed by atoms with Crippen LogP contribution in [0, 0.1) is 5.92 Å². The van der Waals surface area contributed by atoms with Gasteiger partial charge >= 0.3 is 0 Å². The largest absolute Gasteiger partial charge is 0.356 e. The van der Waals surface area contributed by atoms with E-state index in [1.165, 1.54) is 19.3 Å². The first-order valence-corrected chi connectivity index (χ1v) is 9.49. The average molecular weight is 353 g/mol. The van der Waals surface area contributed by atoms with Crippen LogP contribution in [-0.2, 0) is 16.0 Å². The molecule has 2 aromatic rings. The molecule has 1 unspecified atom stereocenters. The minimum Gasteiger partial charge on any atom is -0.356 e. The number of pyridine rings is 1. The van der Waals surface area contributed by atoms with Crippen LogP contribution in [0.4, 0.5) is 0 Å². The van der Waals surface area contributed by atoms with Gasteiger partial charge < -0.3 is 10.6 Å². The summed E-state index contributed by atoms with van der Waals surface area (Å²) in [6.07, 6.45) is 8.88. The van der Waals surface area contributed by atoms with E-state index in [4.69, 9.17) is 0 Å². The van der Waals surface area contributed by atoms with Gasteiger partial charge in [-0.3, -0.25) is 14.6 Å². The maximum absolute atomic E-state index is 12.2. The van der Waals surface area contributed by atoms with Crippen LogP contribution in [0.2, 0.25) is 0 Å². The Morgan fingerprint density at radius 3 is 2.77 bits per heavy atom. The standard InChI is InChI=1S/C21H27N3O2/c1-15(24-21(26)11-16-5-4-6-16)9-10-23-20(25)12-18-14-22-13-17-7-2-3-8-19(17)18/h2-3,7-8,13-16H,4-6,9-12H2,1H3,(H,23,25)(H,24,26). The van der Waals surface area contributed by atoms with Gasteiger partial charge in [0.05, 0.1) is 6.42 Å². The third-order valence-corrected chi connectivity index (χ3v) is 5.11. The topological polar surface area (TPSA) is 71.1 Å². The number of fused-ring (bicyclic) bond motifs is 1.